The maximum Gasteiger partial charge on any atom is 0.142 e. The van der Waals surface area contributed by atoms with Gasteiger partial charge in [-0.3, -0.25) is 11.3 Å². The van der Waals surface area contributed by atoms with Gasteiger partial charge >= 0.3 is 0 Å². The van der Waals surface area contributed by atoms with E-state index in [0.717, 1.165) is 17.9 Å². The fourth-order valence-electron chi connectivity index (χ4n) is 2.17. The molecule has 1 aromatic rings. The second-order valence-corrected chi connectivity index (χ2v) is 5.01. The van der Waals surface area contributed by atoms with Crippen LogP contribution in [0.2, 0.25) is 5.02 Å². The number of hydrogen-bond acceptors (Lipinski definition) is 2. The molecule has 1 aromatic carbocycles. The monoisotopic (exact) mass is 242 g/mol. The minimum atomic E-state index is -0.362. The third kappa shape index (κ3) is 2.54. The van der Waals surface area contributed by atoms with E-state index >= 15 is 0 Å². The Labute approximate surface area is 99.9 Å². The van der Waals surface area contributed by atoms with Crippen molar-refractivity contribution >= 4 is 11.6 Å². The Hall–Kier alpha value is -0.640. The van der Waals surface area contributed by atoms with Crippen molar-refractivity contribution in [1.29, 1.82) is 0 Å². The first kappa shape index (κ1) is 11.8. The Bertz CT molecular complexity index is 383. The summed E-state index contributed by atoms with van der Waals surface area (Å²) in [6, 6.07) is 5.16. The fraction of sp³-hybridized carbons (Fsp3) is 0.500. The van der Waals surface area contributed by atoms with E-state index in [1.54, 1.807) is 6.07 Å². The topological polar surface area (TPSA) is 38.0 Å². The molecule has 0 bridgehead atoms. The van der Waals surface area contributed by atoms with E-state index < -0.39 is 0 Å². The van der Waals surface area contributed by atoms with Crippen LogP contribution in [0.15, 0.2) is 18.2 Å². The van der Waals surface area contributed by atoms with Crippen LogP contribution in [0.3, 0.4) is 0 Å². The highest BCUT2D eigenvalue weighted by atomic mass is 35.5. The van der Waals surface area contributed by atoms with Crippen molar-refractivity contribution in [3.8, 4) is 0 Å². The number of halogens is 2. The minimum absolute atomic E-state index is 0.167. The molecule has 1 fully saturated rings. The highest BCUT2D eigenvalue weighted by molar-refractivity contribution is 6.30. The molecule has 2 nitrogen and oxygen atoms in total. The van der Waals surface area contributed by atoms with E-state index in [4.69, 9.17) is 17.4 Å². The first-order chi connectivity index (χ1) is 7.61. The van der Waals surface area contributed by atoms with Crippen LogP contribution in [0.1, 0.15) is 18.9 Å². The number of nitrogens with one attached hydrogen (secondary N) is 1. The van der Waals surface area contributed by atoms with Gasteiger partial charge in [0, 0.05) is 6.04 Å². The third-order valence-electron chi connectivity index (χ3n) is 3.34. The van der Waals surface area contributed by atoms with E-state index in [1.807, 2.05) is 6.07 Å². The summed E-state index contributed by atoms with van der Waals surface area (Å²) in [5.74, 6) is 6.49. The quantitative estimate of drug-likeness (QED) is 0.629. The molecule has 16 heavy (non-hydrogen) atoms. The highest BCUT2D eigenvalue weighted by Crippen LogP contribution is 2.41. The predicted molar refractivity (Wildman–Crippen MR) is 63.5 cm³/mol. The van der Waals surface area contributed by atoms with Gasteiger partial charge in [0.1, 0.15) is 5.82 Å². The number of hydrazine groups is 1. The Kier molecular flexibility index (Phi) is 3.47. The largest absolute Gasteiger partial charge is 0.271 e. The van der Waals surface area contributed by atoms with Crippen LogP contribution in [0.5, 0.6) is 0 Å². The van der Waals surface area contributed by atoms with Crippen LogP contribution >= 0.6 is 11.6 Å². The van der Waals surface area contributed by atoms with Crippen molar-refractivity contribution < 1.29 is 4.39 Å². The van der Waals surface area contributed by atoms with E-state index in [0.29, 0.717) is 5.92 Å². The first-order valence-electron chi connectivity index (χ1n) is 5.52. The molecule has 3 N–H and O–H groups in total. The predicted octanol–water partition coefficient (Wildman–Crippen LogP) is 2.51. The maximum atomic E-state index is 13.2. The van der Waals surface area contributed by atoms with E-state index in [1.165, 1.54) is 12.5 Å². The second kappa shape index (κ2) is 4.70. The van der Waals surface area contributed by atoms with Gasteiger partial charge in [-0.05, 0) is 42.4 Å². The van der Waals surface area contributed by atoms with Gasteiger partial charge in [-0.25, -0.2) is 4.39 Å². The lowest BCUT2D eigenvalue weighted by atomic mass is 10.0. The molecule has 1 saturated carbocycles. The zero-order valence-electron chi connectivity index (χ0n) is 9.21. The molecular formula is C12H16ClFN2. The number of benzene rings is 1. The second-order valence-electron chi connectivity index (χ2n) is 4.60. The molecule has 1 aliphatic carbocycles. The van der Waals surface area contributed by atoms with Crippen LogP contribution in [-0.2, 0) is 6.42 Å². The average Bonchev–Trinajstić information content (AvgIpc) is 2.97. The van der Waals surface area contributed by atoms with Crippen molar-refractivity contribution in [2.24, 2.45) is 17.7 Å². The molecule has 3 atom stereocenters. The molecule has 0 radical (unpaired) electrons. The van der Waals surface area contributed by atoms with Crippen LogP contribution < -0.4 is 11.3 Å². The summed E-state index contributed by atoms with van der Waals surface area (Å²) in [7, 11) is 0. The Balaban J connectivity index is 2.04. The number of nitrogens with two attached hydrogens (primary N) is 1. The average molecular weight is 243 g/mol. The summed E-state index contributed by atoms with van der Waals surface area (Å²) in [6.45, 7) is 2.21. The van der Waals surface area contributed by atoms with Crippen LogP contribution in [-0.4, -0.2) is 6.04 Å². The lowest BCUT2D eigenvalue weighted by Gasteiger charge is -2.15. The summed E-state index contributed by atoms with van der Waals surface area (Å²) in [5, 5.41) is 0.167. The first-order valence-corrected chi connectivity index (χ1v) is 5.89. The van der Waals surface area contributed by atoms with Gasteiger partial charge in [-0.15, -0.1) is 0 Å². The third-order valence-corrected chi connectivity index (χ3v) is 3.65. The van der Waals surface area contributed by atoms with Crippen LogP contribution in [0.25, 0.3) is 0 Å². The fourth-order valence-corrected chi connectivity index (χ4v) is 2.28. The molecule has 3 unspecified atom stereocenters. The molecule has 0 heterocycles. The molecular weight excluding hydrogens is 227 g/mol. The van der Waals surface area contributed by atoms with E-state index in [2.05, 4.69) is 12.3 Å². The molecule has 2 rings (SSSR count). The Morgan fingerprint density at radius 3 is 2.81 bits per heavy atom. The van der Waals surface area contributed by atoms with Gasteiger partial charge in [-0.1, -0.05) is 24.6 Å². The van der Waals surface area contributed by atoms with E-state index in [9.17, 15) is 4.39 Å². The molecule has 0 amide bonds. The Morgan fingerprint density at radius 2 is 2.31 bits per heavy atom. The van der Waals surface area contributed by atoms with Crippen molar-refractivity contribution in [3.05, 3.63) is 34.6 Å². The summed E-state index contributed by atoms with van der Waals surface area (Å²) >= 11 is 5.63. The van der Waals surface area contributed by atoms with Gasteiger partial charge in [0.2, 0.25) is 0 Å². The molecule has 88 valence electrons. The van der Waals surface area contributed by atoms with Crippen molar-refractivity contribution in [2.75, 3.05) is 0 Å². The Morgan fingerprint density at radius 1 is 1.62 bits per heavy atom. The van der Waals surface area contributed by atoms with Crippen molar-refractivity contribution in [2.45, 2.75) is 25.8 Å². The van der Waals surface area contributed by atoms with Gasteiger partial charge in [0.15, 0.2) is 0 Å². The molecule has 4 heteroatoms. The molecule has 1 aliphatic rings. The normalized spacial score (nSPS) is 25.5. The summed E-state index contributed by atoms with van der Waals surface area (Å²) in [4.78, 5) is 0. The molecule has 0 spiro atoms. The lowest BCUT2D eigenvalue weighted by molar-refractivity contribution is 0.453. The van der Waals surface area contributed by atoms with Crippen molar-refractivity contribution in [3.63, 3.8) is 0 Å². The molecule has 0 aromatic heterocycles. The maximum absolute atomic E-state index is 13.2. The van der Waals surface area contributed by atoms with Gasteiger partial charge in [-0.2, -0.15) is 0 Å². The number of hydrogen-bond donors (Lipinski definition) is 2. The van der Waals surface area contributed by atoms with Gasteiger partial charge < -0.3 is 0 Å². The van der Waals surface area contributed by atoms with Crippen LogP contribution in [0, 0.1) is 17.7 Å². The molecule has 0 aliphatic heterocycles. The lowest BCUT2D eigenvalue weighted by Crippen LogP contribution is -2.38. The SMILES string of the molecule is CC1CC1C(Cc1ccc(Cl)c(F)c1)NN. The summed E-state index contributed by atoms with van der Waals surface area (Å²) in [5.41, 5.74) is 3.76. The summed E-state index contributed by atoms with van der Waals surface area (Å²) < 4.78 is 13.2. The number of rotatable bonds is 4. The van der Waals surface area contributed by atoms with Crippen molar-refractivity contribution in [1.82, 2.24) is 5.43 Å². The zero-order chi connectivity index (χ0) is 11.7. The molecule has 0 saturated heterocycles. The highest BCUT2D eigenvalue weighted by Gasteiger charge is 2.38. The van der Waals surface area contributed by atoms with Gasteiger partial charge in [0.05, 0.1) is 5.02 Å². The smallest absolute Gasteiger partial charge is 0.142 e. The summed E-state index contributed by atoms with van der Waals surface area (Å²) in [6.07, 6.45) is 1.95. The minimum Gasteiger partial charge on any atom is -0.271 e. The zero-order valence-corrected chi connectivity index (χ0v) is 9.97. The van der Waals surface area contributed by atoms with Gasteiger partial charge in [0.25, 0.3) is 0 Å². The standard InChI is InChI=1S/C12H16ClFN2/c1-7-4-9(7)12(16-15)6-8-2-3-10(13)11(14)5-8/h2-3,5,7,9,12,16H,4,6,15H2,1H3. The van der Waals surface area contributed by atoms with Crippen LogP contribution in [0.4, 0.5) is 4.39 Å². The van der Waals surface area contributed by atoms with E-state index in [-0.39, 0.29) is 16.9 Å².